The van der Waals surface area contributed by atoms with Gasteiger partial charge in [-0.05, 0) is 0 Å². The van der Waals surface area contributed by atoms with Crippen LogP contribution >= 0.6 is 0 Å². The molecule has 1 atom stereocenters. The van der Waals surface area contributed by atoms with Gasteiger partial charge in [-0.15, -0.1) is 0 Å². The van der Waals surface area contributed by atoms with Crippen molar-refractivity contribution >= 4 is 22.5 Å². The molecule has 0 aromatic carbocycles. The summed E-state index contributed by atoms with van der Waals surface area (Å²) in [6.45, 7) is 4.25. The molecule has 2 radical (unpaired) electrons. The fraction of sp³-hybridized carbons (Fsp3) is 0.667. The average Bonchev–Trinajstić information content (AvgIpc) is 1.68. The quantitative estimate of drug-likeness (QED) is 0.440. The summed E-state index contributed by atoms with van der Waals surface area (Å²) in [5.74, 6) is 2.75. The summed E-state index contributed by atoms with van der Waals surface area (Å²) in [7, 11) is 0. The van der Waals surface area contributed by atoms with Gasteiger partial charge in [-0.1, -0.05) is 0 Å². The Morgan fingerprint density at radius 2 is 2.29 bits per heavy atom. The number of rotatable bonds is 1. The zero-order valence-corrected chi connectivity index (χ0v) is 8.16. The van der Waals surface area contributed by atoms with Crippen molar-refractivity contribution in [2.75, 3.05) is 0 Å². The predicted molar refractivity (Wildman–Crippen MR) is 34.6 cm³/mol. The molecule has 0 bridgehead atoms. The Kier molecular flexibility index (Phi) is 2.75. The van der Waals surface area contributed by atoms with E-state index in [4.69, 9.17) is 6.42 Å². The fourth-order valence-electron chi connectivity index (χ4n) is 0.102. The standard InChI is InChI=1S/C6H9.Sn.H/c1-4-6(3)5-2;;/h1H,5H2,2-3H3;;. The van der Waals surface area contributed by atoms with E-state index >= 15 is 0 Å². The molecule has 0 aliphatic rings. The van der Waals surface area contributed by atoms with Crippen molar-refractivity contribution in [2.45, 2.75) is 23.7 Å². The van der Waals surface area contributed by atoms with Crippen molar-refractivity contribution in [3.63, 3.8) is 0 Å². The monoisotopic (exact) mass is 202 g/mol. The first-order valence-corrected chi connectivity index (χ1v) is 4.04. The molecule has 0 spiro atoms. The van der Waals surface area contributed by atoms with Crippen molar-refractivity contribution in [3.05, 3.63) is 0 Å². The van der Waals surface area contributed by atoms with Crippen LogP contribution < -0.4 is 0 Å². The molecule has 0 rings (SSSR count). The second-order valence-electron chi connectivity index (χ2n) is 1.92. The maximum absolute atomic E-state index is 5.20. The molecule has 1 unspecified atom stereocenters. The first kappa shape index (κ1) is 7.36. The van der Waals surface area contributed by atoms with Crippen LogP contribution in [-0.2, 0) is 0 Å². The van der Waals surface area contributed by atoms with Gasteiger partial charge in [0, 0.05) is 0 Å². The van der Waals surface area contributed by atoms with E-state index in [2.05, 4.69) is 19.8 Å². The summed E-state index contributed by atoms with van der Waals surface area (Å²) < 4.78 is 0.241. The molecule has 38 valence electrons. The van der Waals surface area contributed by atoms with Gasteiger partial charge in [-0.25, -0.2) is 0 Å². The van der Waals surface area contributed by atoms with Gasteiger partial charge in [0.1, 0.15) is 0 Å². The van der Waals surface area contributed by atoms with Gasteiger partial charge in [0.15, 0.2) is 0 Å². The molecule has 7 heavy (non-hydrogen) atoms. The molecule has 0 nitrogen and oxygen atoms in total. The molecule has 0 aliphatic carbocycles. The average molecular weight is 201 g/mol. The van der Waals surface area contributed by atoms with Crippen LogP contribution in [0, 0.1) is 12.3 Å². The van der Waals surface area contributed by atoms with E-state index in [1.807, 2.05) is 0 Å². The van der Waals surface area contributed by atoms with E-state index in [0.717, 1.165) is 6.42 Å². The zero-order chi connectivity index (χ0) is 5.91. The van der Waals surface area contributed by atoms with Crippen LogP contribution in [0.3, 0.4) is 0 Å². The Morgan fingerprint density at radius 1 is 1.86 bits per heavy atom. The van der Waals surface area contributed by atoms with E-state index in [1.165, 1.54) is 22.5 Å². The van der Waals surface area contributed by atoms with Crippen molar-refractivity contribution in [2.24, 2.45) is 0 Å². The van der Waals surface area contributed by atoms with Crippen molar-refractivity contribution in [1.82, 2.24) is 0 Å². The van der Waals surface area contributed by atoms with Gasteiger partial charge in [0.2, 0.25) is 0 Å². The van der Waals surface area contributed by atoms with Crippen molar-refractivity contribution in [3.8, 4) is 12.3 Å². The molecule has 1 heteroatoms. The summed E-state index contributed by atoms with van der Waals surface area (Å²) in [6, 6.07) is 0. The van der Waals surface area contributed by atoms with Crippen LogP contribution in [0.25, 0.3) is 0 Å². The summed E-state index contributed by atoms with van der Waals surface area (Å²) >= 11 is 1.17. The van der Waals surface area contributed by atoms with Gasteiger partial charge in [0.25, 0.3) is 0 Å². The second kappa shape index (κ2) is 2.61. The first-order chi connectivity index (χ1) is 3.12. The third-order valence-electron chi connectivity index (χ3n) is 1.06. The molecule has 0 heterocycles. The van der Waals surface area contributed by atoms with E-state index < -0.39 is 0 Å². The van der Waals surface area contributed by atoms with E-state index in [0.29, 0.717) is 0 Å². The SMILES string of the molecule is C#C[C](C)([SnH])CC. The van der Waals surface area contributed by atoms with Crippen LogP contribution in [0.15, 0.2) is 0 Å². The second-order valence-corrected chi connectivity index (χ2v) is 5.55. The van der Waals surface area contributed by atoms with Crippen LogP contribution in [0.5, 0.6) is 0 Å². The van der Waals surface area contributed by atoms with Gasteiger partial charge in [0.05, 0.1) is 0 Å². The molecule has 0 saturated heterocycles. The van der Waals surface area contributed by atoms with E-state index in [1.54, 1.807) is 0 Å². The molecule has 0 saturated carbocycles. The molecule has 0 aliphatic heterocycles. The molecule has 0 aromatic heterocycles. The zero-order valence-electron chi connectivity index (χ0n) is 4.86. The van der Waals surface area contributed by atoms with Gasteiger partial charge in [-0.2, -0.15) is 0 Å². The minimum absolute atomic E-state index is 0.241. The van der Waals surface area contributed by atoms with E-state index in [9.17, 15) is 0 Å². The van der Waals surface area contributed by atoms with E-state index in [-0.39, 0.29) is 3.43 Å². The normalized spacial score (nSPS) is 17.4. The number of hydrogen-bond donors (Lipinski definition) is 0. The topological polar surface area (TPSA) is 0 Å². The Hall–Kier alpha value is 0.359. The van der Waals surface area contributed by atoms with Crippen LogP contribution in [-0.4, -0.2) is 22.5 Å². The van der Waals surface area contributed by atoms with Gasteiger partial charge < -0.3 is 0 Å². The van der Waals surface area contributed by atoms with Crippen molar-refractivity contribution in [1.29, 1.82) is 0 Å². The molecule has 0 amide bonds. The summed E-state index contributed by atoms with van der Waals surface area (Å²) in [4.78, 5) is 0. The fourth-order valence-corrected chi connectivity index (χ4v) is 0.102. The summed E-state index contributed by atoms with van der Waals surface area (Å²) in [5, 5.41) is 0. The third kappa shape index (κ3) is 2.99. The molecule has 0 N–H and O–H groups in total. The third-order valence-corrected chi connectivity index (χ3v) is 2.71. The van der Waals surface area contributed by atoms with Crippen LogP contribution in [0.2, 0.25) is 3.43 Å². The van der Waals surface area contributed by atoms with Crippen LogP contribution in [0.4, 0.5) is 0 Å². The Bertz CT molecular complexity index is 86.8. The Balaban J connectivity index is 3.66. The summed E-state index contributed by atoms with van der Waals surface area (Å²) in [5.41, 5.74) is 0. The van der Waals surface area contributed by atoms with Gasteiger partial charge >= 0.3 is 58.6 Å². The Labute approximate surface area is 58.8 Å². The first-order valence-electron chi connectivity index (χ1n) is 2.39. The van der Waals surface area contributed by atoms with Crippen molar-refractivity contribution < 1.29 is 0 Å². The number of terminal acetylenes is 1. The minimum atomic E-state index is 0.241. The van der Waals surface area contributed by atoms with Crippen LogP contribution in [0.1, 0.15) is 20.3 Å². The molecule has 0 aromatic rings. The summed E-state index contributed by atoms with van der Waals surface area (Å²) in [6.07, 6.45) is 6.32. The number of hydrogen-bond acceptors (Lipinski definition) is 0. The maximum atomic E-state index is 5.20. The molecule has 0 fully saturated rings. The predicted octanol–water partition coefficient (Wildman–Crippen LogP) is 1.11. The Morgan fingerprint density at radius 3 is 2.29 bits per heavy atom. The molecular weight excluding hydrogens is 191 g/mol. The van der Waals surface area contributed by atoms with Gasteiger partial charge in [-0.3, -0.25) is 0 Å². The molecular formula is C6H10Sn.